The smallest absolute Gasteiger partial charge is 0.227 e. The first-order valence-corrected chi connectivity index (χ1v) is 6.57. The molecule has 1 aromatic heterocycles. The van der Waals surface area contributed by atoms with Gasteiger partial charge in [-0.15, -0.1) is 0 Å². The fraction of sp³-hybridized carbons (Fsp3) is 0.583. The molecule has 1 aromatic rings. The van der Waals surface area contributed by atoms with Crippen LogP contribution >= 0.6 is 15.9 Å². The highest BCUT2D eigenvalue weighted by molar-refractivity contribution is 9.10. The van der Waals surface area contributed by atoms with Crippen molar-refractivity contribution in [2.45, 2.75) is 13.5 Å². The zero-order chi connectivity index (χ0) is 12.4. The highest BCUT2D eigenvalue weighted by atomic mass is 79.9. The van der Waals surface area contributed by atoms with E-state index in [0.29, 0.717) is 17.1 Å². The van der Waals surface area contributed by atoms with E-state index in [2.05, 4.69) is 28.2 Å². The van der Waals surface area contributed by atoms with Gasteiger partial charge >= 0.3 is 0 Å². The molecule has 17 heavy (non-hydrogen) atoms. The number of carbonyl (C=O) groups is 1. The standard InChI is InChI=1S/C12H17BrN2O2/c1-8-5-14-6-10(8)12(16)15(2)7-9-3-4-11(13)17-9/h3-4,8,10,14H,5-7H2,1-2H3/t8-,10-/m1/s1. The lowest BCUT2D eigenvalue weighted by molar-refractivity contribution is -0.135. The Hall–Kier alpha value is -0.810. The number of carbonyl (C=O) groups excluding carboxylic acids is 1. The maximum atomic E-state index is 12.2. The highest BCUT2D eigenvalue weighted by Gasteiger charge is 2.31. The maximum absolute atomic E-state index is 12.2. The molecule has 0 aromatic carbocycles. The van der Waals surface area contributed by atoms with Gasteiger partial charge in [0.1, 0.15) is 5.76 Å². The van der Waals surface area contributed by atoms with E-state index in [-0.39, 0.29) is 11.8 Å². The number of furan rings is 1. The average Bonchev–Trinajstić information content (AvgIpc) is 2.86. The van der Waals surface area contributed by atoms with Gasteiger partial charge in [0.05, 0.1) is 12.5 Å². The molecule has 0 bridgehead atoms. The third-order valence-electron chi connectivity index (χ3n) is 3.23. The van der Waals surface area contributed by atoms with Crippen LogP contribution in [0.25, 0.3) is 0 Å². The Morgan fingerprint density at radius 1 is 1.59 bits per heavy atom. The zero-order valence-electron chi connectivity index (χ0n) is 10.1. The van der Waals surface area contributed by atoms with Gasteiger partial charge in [-0.05, 0) is 40.5 Å². The maximum Gasteiger partial charge on any atom is 0.227 e. The number of rotatable bonds is 3. The third-order valence-corrected chi connectivity index (χ3v) is 3.66. The molecule has 0 spiro atoms. The molecule has 2 heterocycles. The first kappa shape index (κ1) is 12.6. The number of nitrogens with zero attached hydrogens (tertiary/aromatic N) is 1. The summed E-state index contributed by atoms with van der Waals surface area (Å²) in [7, 11) is 1.82. The number of nitrogens with one attached hydrogen (secondary N) is 1. The molecule has 5 heteroatoms. The van der Waals surface area contributed by atoms with Crippen LogP contribution < -0.4 is 5.32 Å². The summed E-state index contributed by atoms with van der Waals surface area (Å²) in [6, 6.07) is 3.72. The van der Waals surface area contributed by atoms with Gasteiger partial charge in [-0.2, -0.15) is 0 Å². The molecule has 2 rings (SSSR count). The summed E-state index contributed by atoms with van der Waals surface area (Å²) < 4.78 is 6.10. The molecule has 0 unspecified atom stereocenters. The molecule has 94 valence electrons. The van der Waals surface area contributed by atoms with Crippen molar-refractivity contribution in [3.05, 3.63) is 22.6 Å². The monoisotopic (exact) mass is 300 g/mol. The molecule has 0 aliphatic carbocycles. The van der Waals surface area contributed by atoms with E-state index < -0.39 is 0 Å². The molecule has 2 atom stereocenters. The van der Waals surface area contributed by atoms with Gasteiger partial charge < -0.3 is 14.6 Å². The van der Waals surface area contributed by atoms with Crippen molar-refractivity contribution in [1.29, 1.82) is 0 Å². The van der Waals surface area contributed by atoms with Crippen LogP contribution in [0.15, 0.2) is 21.2 Å². The molecule has 1 fully saturated rings. The molecular formula is C12H17BrN2O2. The van der Waals surface area contributed by atoms with E-state index >= 15 is 0 Å². The van der Waals surface area contributed by atoms with Crippen molar-refractivity contribution in [3.8, 4) is 0 Å². The summed E-state index contributed by atoms with van der Waals surface area (Å²) in [4.78, 5) is 13.9. The third kappa shape index (κ3) is 2.90. The summed E-state index contributed by atoms with van der Waals surface area (Å²) in [6.07, 6.45) is 0. The Balaban J connectivity index is 1.95. The summed E-state index contributed by atoms with van der Waals surface area (Å²) in [6.45, 7) is 4.34. The Morgan fingerprint density at radius 3 is 2.88 bits per heavy atom. The molecule has 1 saturated heterocycles. The summed E-state index contributed by atoms with van der Waals surface area (Å²) in [5.41, 5.74) is 0. The lowest BCUT2D eigenvalue weighted by Crippen LogP contribution is -2.35. The van der Waals surface area contributed by atoms with Crippen LogP contribution in [0.5, 0.6) is 0 Å². The van der Waals surface area contributed by atoms with Crippen LogP contribution in [0.1, 0.15) is 12.7 Å². The SMILES string of the molecule is C[C@@H]1CNC[C@H]1C(=O)N(C)Cc1ccc(Br)o1. The average molecular weight is 301 g/mol. The fourth-order valence-corrected chi connectivity index (χ4v) is 2.51. The second-order valence-electron chi connectivity index (χ2n) is 4.64. The van der Waals surface area contributed by atoms with E-state index in [1.54, 1.807) is 4.90 Å². The molecule has 1 aliphatic heterocycles. The number of halogens is 1. The van der Waals surface area contributed by atoms with Gasteiger partial charge in [0.2, 0.25) is 5.91 Å². The van der Waals surface area contributed by atoms with Crippen LogP contribution in [0.4, 0.5) is 0 Å². The van der Waals surface area contributed by atoms with Crippen molar-refractivity contribution in [2.75, 3.05) is 20.1 Å². The van der Waals surface area contributed by atoms with Crippen molar-refractivity contribution in [2.24, 2.45) is 11.8 Å². The lowest BCUT2D eigenvalue weighted by atomic mass is 9.97. The molecule has 1 amide bonds. The van der Waals surface area contributed by atoms with Gasteiger partial charge in [0, 0.05) is 13.6 Å². The van der Waals surface area contributed by atoms with Crippen molar-refractivity contribution in [1.82, 2.24) is 10.2 Å². The van der Waals surface area contributed by atoms with E-state index in [0.717, 1.165) is 18.8 Å². The molecule has 0 saturated carbocycles. The number of hydrogen-bond donors (Lipinski definition) is 1. The van der Waals surface area contributed by atoms with Crippen molar-refractivity contribution in [3.63, 3.8) is 0 Å². The number of amides is 1. The minimum atomic E-state index is 0.0957. The quantitative estimate of drug-likeness (QED) is 0.927. The van der Waals surface area contributed by atoms with Crippen molar-refractivity contribution >= 4 is 21.8 Å². The zero-order valence-corrected chi connectivity index (χ0v) is 11.7. The van der Waals surface area contributed by atoms with Gasteiger partial charge in [-0.3, -0.25) is 4.79 Å². The van der Waals surface area contributed by atoms with E-state index in [1.165, 1.54) is 0 Å². The summed E-state index contributed by atoms with van der Waals surface area (Å²) >= 11 is 3.25. The summed E-state index contributed by atoms with van der Waals surface area (Å²) in [5, 5.41) is 3.25. The van der Waals surface area contributed by atoms with E-state index in [1.807, 2.05) is 19.2 Å². The predicted molar refractivity (Wildman–Crippen MR) is 68.4 cm³/mol. The lowest BCUT2D eigenvalue weighted by Gasteiger charge is -2.21. The van der Waals surface area contributed by atoms with Crippen LogP contribution in [-0.4, -0.2) is 30.9 Å². The Bertz CT molecular complexity index is 405. The second kappa shape index (κ2) is 5.23. The minimum Gasteiger partial charge on any atom is -0.452 e. The largest absolute Gasteiger partial charge is 0.452 e. The Morgan fingerprint density at radius 2 is 2.35 bits per heavy atom. The predicted octanol–water partition coefficient (Wildman–Crippen LogP) is 1.86. The van der Waals surface area contributed by atoms with Gasteiger partial charge in [-0.25, -0.2) is 0 Å². The molecule has 1 aliphatic rings. The highest BCUT2D eigenvalue weighted by Crippen LogP contribution is 2.20. The fourth-order valence-electron chi connectivity index (χ4n) is 2.17. The normalized spacial score (nSPS) is 23.9. The minimum absolute atomic E-state index is 0.0957. The van der Waals surface area contributed by atoms with E-state index in [9.17, 15) is 4.79 Å². The van der Waals surface area contributed by atoms with Crippen LogP contribution in [0.2, 0.25) is 0 Å². The Labute approximate surface area is 109 Å². The van der Waals surface area contributed by atoms with Gasteiger partial charge in [0.15, 0.2) is 4.67 Å². The second-order valence-corrected chi connectivity index (χ2v) is 5.42. The molecule has 4 nitrogen and oxygen atoms in total. The number of hydrogen-bond acceptors (Lipinski definition) is 3. The van der Waals surface area contributed by atoms with Gasteiger partial charge in [0.25, 0.3) is 0 Å². The van der Waals surface area contributed by atoms with Crippen LogP contribution in [-0.2, 0) is 11.3 Å². The summed E-state index contributed by atoms with van der Waals surface area (Å²) in [5.74, 6) is 1.49. The van der Waals surface area contributed by atoms with E-state index in [4.69, 9.17) is 4.42 Å². The van der Waals surface area contributed by atoms with Gasteiger partial charge in [-0.1, -0.05) is 6.92 Å². The molecular weight excluding hydrogens is 284 g/mol. The topological polar surface area (TPSA) is 45.5 Å². The van der Waals surface area contributed by atoms with Crippen LogP contribution in [0, 0.1) is 11.8 Å². The molecule has 1 N–H and O–H groups in total. The van der Waals surface area contributed by atoms with Crippen LogP contribution in [0.3, 0.4) is 0 Å². The van der Waals surface area contributed by atoms with Crippen molar-refractivity contribution < 1.29 is 9.21 Å². The first-order chi connectivity index (χ1) is 8.08. The Kier molecular flexibility index (Phi) is 3.89. The first-order valence-electron chi connectivity index (χ1n) is 5.78. The molecule has 0 radical (unpaired) electrons.